The van der Waals surface area contributed by atoms with E-state index >= 15 is 0 Å². The van der Waals surface area contributed by atoms with Crippen LogP contribution in [0, 0.1) is 13.8 Å². The third-order valence-electron chi connectivity index (χ3n) is 2.66. The maximum absolute atomic E-state index is 12.0. The zero-order valence-electron chi connectivity index (χ0n) is 10.4. The Balaban J connectivity index is 2.27. The van der Waals surface area contributed by atoms with Crippen LogP contribution < -0.4 is 5.32 Å². The van der Waals surface area contributed by atoms with Gasteiger partial charge in [-0.25, -0.2) is 9.78 Å². The molecule has 1 aromatic carbocycles. The van der Waals surface area contributed by atoms with Crippen LogP contribution in [-0.4, -0.2) is 22.0 Å². The first-order valence-corrected chi connectivity index (χ1v) is 6.37. The summed E-state index contributed by atoms with van der Waals surface area (Å²) in [5.74, 6) is -1.29. The smallest absolute Gasteiger partial charge is 0.336 e. The monoisotopic (exact) mass is 276 g/mol. The maximum atomic E-state index is 12.0. The highest BCUT2D eigenvalue weighted by atomic mass is 32.1. The molecule has 0 aliphatic rings. The molecule has 2 aromatic rings. The topological polar surface area (TPSA) is 79.3 Å². The van der Waals surface area contributed by atoms with Gasteiger partial charge in [0, 0.05) is 5.69 Å². The van der Waals surface area contributed by atoms with Crippen LogP contribution in [0.25, 0.3) is 0 Å². The summed E-state index contributed by atoms with van der Waals surface area (Å²) in [4.78, 5) is 27.5. The lowest BCUT2D eigenvalue weighted by Gasteiger charge is -2.09. The molecule has 0 fully saturated rings. The molecule has 0 saturated heterocycles. The van der Waals surface area contributed by atoms with Gasteiger partial charge in [-0.05, 0) is 31.5 Å². The summed E-state index contributed by atoms with van der Waals surface area (Å²) in [6, 6.07) is 4.78. The Kier molecular flexibility index (Phi) is 3.62. The normalized spacial score (nSPS) is 10.2. The summed E-state index contributed by atoms with van der Waals surface area (Å²) in [7, 11) is 0. The molecule has 1 aromatic heterocycles. The maximum Gasteiger partial charge on any atom is 0.336 e. The lowest BCUT2D eigenvalue weighted by Crippen LogP contribution is -2.12. The zero-order valence-corrected chi connectivity index (χ0v) is 11.2. The van der Waals surface area contributed by atoms with Gasteiger partial charge in [0.2, 0.25) is 0 Å². The lowest BCUT2D eigenvalue weighted by molar-refractivity contribution is 0.0695. The Morgan fingerprint density at radius 3 is 2.63 bits per heavy atom. The summed E-state index contributed by atoms with van der Waals surface area (Å²) in [5, 5.41) is 12.5. The molecule has 0 aliphatic carbocycles. The summed E-state index contributed by atoms with van der Waals surface area (Å²) >= 11 is 1.29. The highest BCUT2D eigenvalue weighted by Crippen LogP contribution is 2.21. The first kappa shape index (κ1) is 13.2. The summed E-state index contributed by atoms with van der Waals surface area (Å²) in [6.45, 7) is 3.48. The Morgan fingerprint density at radius 2 is 2.05 bits per heavy atom. The van der Waals surface area contributed by atoms with E-state index in [0.717, 1.165) is 5.01 Å². The van der Waals surface area contributed by atoms with Crippen molar-refractivity contribution in [1.29, 1.82) is 0 Å². The fourth-order valence-electron chi connectivity index (χ4n) is 1.65. The Bertz CT molecular complexity index is 649. The third-order valence-corrected chi connectivity index (χ3v) is 3.57. The number of carboxylic acids is 1. The molecule has 1 amide bonds. The molecule has 0 bridgehead atoms. The number of rotatable bonds is 3. The molecule has 19 heavy (non-hydrogen) atoms. The number of nitrogens with zero attached hydrogens (tertiary/aromatic N) is 1. The van der Waals surface area contributed by atoms with E-state index in [1.807, 2.05) is 6.92 Å². The van der Waals surface area contributed by atoms with Crippen molar-refractivity contribution in [3.63, 3.8) is 0 Å². The molecule has 2 N–H and O–H groups in total. The molecule has 0 saturated carbocycles. The number of aromatic nitrogens is 1. The van der Waals surface area contributed by atoms with Crippen LogP contribution >= 0.6 is 11.3 Å². The molecule has 0 atom stereocenters. The Labute approximate surface area is 113 Å². The van der Waals surface area contributed by atoms with Crippen molar-refractivity contribution in [1.82, 2.24) is 4.98 Å². The van der Waals surface area contributed by atoms with Gasteiger partial charge in [0.15, 0.2) is 0 Å². The quantitative estimate of drug-likeness (QED) is 0.903. The number of thiazole rings is 1. The highest BCUT2D eigenvalue weighted by Gasteiger charge is 2.14. The minimum absolute atomic E-state index is 0.179. The van der Waals surface area contributed by atoms with Crippen molar-refractivity contribution in [2.24, 2.45) is 0 Å². The lowest BCUT2D eigenvalue weighted by atomic mass is 10.1. The van der Waals surface area contributed by atoms with Gasteiger partial charge >= 0.3 is 5.97 Å². The van der Waals surface area contributed by atoms with Gasteiger partial charge in [-0.15, -0.1) is 11.3 Å². The number of carboxylic acid groups (broad SMARTS) is 1. The van der Waals surface area contributed by atoms with Gasteiger partial charge in [-0.2, -0.15) is 0 Å². The molecule has 0 spiro atoms. The average molecular weight is 276 g/mol. The van der Waals surface area contributed by atoms with Crippen LogP contribution in [0.5, 0.6) is 0 Å². The molecule has 5 nitrogen and oxygen atoms in total. The van der Waals surface area contributed by atoms with E-state index < -0.39 is 5.97 Å². The molecule has 1 heterocycles. The van der Waals surface area contributed by atoms with Crippen molar-refractivity contribution in [3.8, 4) is 0 Å². The summed E-state index contributed by atoms with van der Waals surface area (Å²) in [6.07, 6.45) is 1.51. The van der Waals surface area contributed by atoms with Crippen LogP contribution in [0.1, 0.15) is 30.6 Å². The number of hydrogen-bond acceptors (Lipinski definition) is 4. The van der Waals surface area contributed by atoms with Crippen molar-refractivity contribution in [2.75, 3.05) is 5.32 Å². The van der Waals surface area contributed by atoms with E-state index in [4.69, 9.17) is 5.11 Å². The predicted octanol–water partition coefficient (Wildman–Crippen LogP) is 2.71. The first-order chi connectivity index (χ1) is 8.99. The van der Waals surface area contributed by atoms with Gasteiger partial charge < -0.3 is 10.4 Å². The first-order valence-electron chi connectivity index (χ1n) is 5.55. The SMILES string of the molecule is Cc1ncc(C(=O)Nc2cccc(C(=O)O)c2C)s1. The Morgan fingerprint density at radius 1 is 1.32 bits per heavy atom. The van der Waals surface area contributed by atoms with E-state index in [0.29, 0.717) is 16.1 Å². The molecular weight excluding hydrogens is 264 g/mol. The largest absolute Gasteiger partial charge is 0.478 e. The number of nitrogens with one attached hydrogen (secondary N) is 1. The van der Waals surface area contributed by atoms with Crippen LogP contribution in [0.4, 0.5) is 5.69 Å². The molecule has 2 rings (SSSR count). The number of amides is 1. The van der Waals surface area contributed by atoms with Gasteiger partial charge in [-0.3, -0.25) is 4.79 Å². The number of carbonyl (C=O) groups is 2. The number of benzene rings is 1. The summed E-state index contributed by atoms with van der Waals surface area (Å²) in [5.41, 5.74) is 1.21. The molecule has 6 heteroatoms. The summed E-state index contributed by atoms with van der Waals surface area (Å²) < 4.78 is 0. The molecule has 0 unspecified atom stereocenters. The van der Waals surface area contributed by atoms with E-state index in [9.17, 15) is 9.59 Å². The van der Waals surface area contributed by atoms with E-state index in [2.05, 4.69) is 10.3 Å². The molecular formula is C13H12N2O3S. The number of anilines is 1. The van der Waals surface area contributed by atoms with Gasteiger partial charge in [-0.1, -0.05) is 6.07 Å². The third kappa shape index (κ3) is 2.79. The van der Waals surface area contributed by atoms with Gasteiger partial charge in [0.1, 0.15) is 4.88 Å². The van der Waals surface area contributed by atoms with Gasteiger partial charge in [0.25, 0.3) is 5.91 Å². The van der Waals surface area contributed by atoms with Crippen LogP contribution in [0.2, 0.25) is 0 Å². The second kappa shape index (κ2) is 5.19. The van der Waals surface area contributed by atoms with Crippen molar-refractivity contribution in [3.05, 3.63) is 45.4 Å². The van der Waals surface area contributed by atoms with E-state index in [-0.39, 0.29) is 11.5 Å². The standard InChI is InChI=1S/C13H12N2O3S/c1-7-9(13(17)18)4-3-5-10(7)15-12(16)11-6-14-8(2)19-11/h3-6H,1-2H3,(H,15,16)(H,17,18). The van der Waals surface area contributed by atoms with Crippen molar-refractivity contribution in [2.45, 2.75) is 13.8 Å². The van der Waals surface area contributed by atoms with Crippen LogP contribution in [0.3, 0.4) is 0 Å². The number of carbonyl (C=O) groups excluding carboxylic acids is 1. The van der Waals surface area contributed by atoms with Crippen molar-refractivity contribution >= 4 is 28.9 Å². The van der Waals surface area contributed by atoms with Crippen molar-refractivity contribution < 1.29 is 14.7 Å². The van der Waals surface area contributed by atoms with Crippen LogP contribution in [0.15, 0.2) is 24.4 Å². The van der Waals surface area contributed by atoms with Crippen LogP contribution in [-0.2, 0) is 0 Å². The van der Waals surface area contributed by atoms with E-state index in [1.54, 1.807) is 19.1 Å². The minimum Gasteiger partial charge on any atom is -0.478 e. The fourth-order valence-corrected chi connectivity index (χ4v) is 2.33. The number of hydrogen-bond donors (Lipinski definition) is 2. The number of aryl methyl sites for hydroxylation is 1. The zero-order chi connectivity index (χ0) is 14.0. The highest BCUT2D eigenvalue weighted by molar-refractivity contribution is 7.13. The second-order valence-electron chi connectivity index (χ2n) is 3.98. The fraction of sp³-hybridized carbons (Fsp3) is 0.154. The minimum atomic E-state index is -1.01. The molecule has 98 valence electrons. The van der Waals surface area contributed by atoms with E-state index in [1.165, 1.54) is 23.6 Å². The molecule has 0 radical (unpaired) electrons. The Hall–Kier alpha value is -2.21. The van der Waals surface area contributed by atoms with Gasteiger partial charge in [0.05, 0.1) is 16.8 Å². The molecule has 0 aliphatic heterocycles. The average Bonchev–Trinajstić information content (AvgIpc) is 2.78. The predicted molar refractivity (Wildman–Crippen MR) is 72.9 cm³/mol. The second-order valence-corrected chi connectivity index (χ2v) is 5.22. The number of aromatic carboxylic acids is 1.